The third kappa shape index (κ3) is 3.46. The zero-order valence-electron chi connectivity index (χ0n) is 10.7. The Balaban J connectivity index is 2.37. The summed E-state index contributed by atoms with van der Waals surface area (Å²) in [7, 11) is 0. The van der Waals surface area contributed by atoms with Crippen molar-refractivity contribution in [3.8, 4) is 0 Å². The highest BCUT2D eigenvalue weighted by atomic mass is 16.5. The van der Waals surface area contributed by atoms with E-state index in [1.807, 2.05) is 0 Å². The Morgan fingerprint density at radius 1 is 1.62 bits per heavy atom. The maximum Gasteiger partial charge on any atom is 0.325 e. The van der Waals surface area contributed by atoms with Crippen molar-refractivity contribution in [1.29, 1.82) is 0 Å². The van der Waals surface area contributed by atoms with Gasteiger partial charge in [0.15, 0.2) is 0 Å². The average molecular weight is 228 g/mol. The maximum absolute atomic E-state index is 11.6. The van der Waals surface area contributed by atoms with Crippen molar-refractivity contribution in [2.75, 3.05) is 19.7 Å². The molecule has 94 valence electrons. The first-order valence-corrected chi connectivity index (χ1v) is 6.17. The molecule has 0 amide bonds. The van der Waals surface area contributed by atoms with E-state index in [2.05, 4.69) is 11.8 Å². The van der Waals surface area contributed by atoms with Crippen LogP contribution in [0.4, 0.5) is 0 Å². The molecular formula is C12H24N2O2. The van der Waals surface area contributed by atoms with Crippen LogP contribution < -0.4 is 5.73 Å². The fraction of sp³-hybridized carbons (Fsp3) is 0.917. The van der Waals surface area contributed by atoms with E-state index in [0.29, 0.717) is 19.1 Å². The standard InChI is InChI=1S/C12H24N2O2/c1-4-16-11(15)12(3,13)7-9-14-8-5-6-10(14)2/h10H,4-9,13H2,1-3H3. The Labute approximate surface area is 98.1 Å². The summed E-state index contributed by atoms with van der Waals surface area (Å²) >= 11 is 0. The lowest BCUT2D eigenvalue weighted by Gasteiger charge is -2.27. The summed E-state index contributed by atoms with van der Waals surface area (Å²) in [5.41, 5.74) is 5.12. The van der Waals surface area contributed by atoms with E-state index >= 15 is 0 Å². The first kappa shape index (κ1) is 13.5. The van der Waals surface area contributed by atoms with Crippen LogP contribution in [0.2, 0.25) is 0 Å². The van der Waals surface area contributed by atoms with E-state index in [4.69, 9.17) is 10.5 Å². The maximum atomic E-state index is 11.6. The number of carbonyl (C=O) groups excluding carboxylic acids is 1. The van der Waals surface area contributed by atoms with Gasteiger partial charge in [-0.2, -0.15) is 0 Å². The minimum Gasteiger partial charge on any atom is -0.465 e. The number of ether oxygens (including phenoxy) is 1. The summed E-state index contributed by atoms with van der Waals surface area (Å²) in [6.07, 6.45) is 3.17. The molecular weight excluding hydrogens is 204 g/mol. The molecule has 1 aliphatic rings. The summed E-state index contributed by atoms with van der Waals surface area (Å²) in [6, 6.07) is 0.623. The van der Waals surface area contributed by atoms with Gasteiger partial charge >= 0.3 is 5.97 Å². The van der Waals surface area contributed by atoms with E-state index in [0.717, 1.165) is 13.1 Å². The lowest BCUT2D eigenvalue weighted by Crippen LogP contribution is -2.48. The van der Waals surface area contributed by atoms with Crippen LogP contribution in [-0.4, -0.2) is 42.1 Å². The number of hydrogen-bond acceptors (Lipinski definition) is 4. The Bertz CT molecular complexity index is 241. The topological polar surface area (TPSA) is 55.6 Å². The summed E-state index contributed by atoms with van der Waals surface area (Å²) in [5.74, 6) is -0.290. The van der Waals surface area contributed by atoms with Gasteiger partial charge in [0.2, 0.25) is 0 Å². The smallest absolute Gasteiger partial charge is 0.325 e. The second-order valence-electron chi connectivity index (χ2n) is 4.92. The van der Waals surface area contributed by atoms with Gasteiger partial charge in [-0.1, -0.05) is 0 Å². The molecule has 1 aliphatic heterocycles. The zero-order chi connectivity index (χ0) is 12.2. The molecule has 0 aromatic rings. The number of likely N-dealkylation sites (tertiary alicyclic amines) is 1. The molecule has 0 spiro atoms. The van der Waals surface area contributed by atoms with E-state index in [-0.39, 0.29) is 5.97 Å². The van der Waals surface area contributed by atoms with Gasteiger partial charge < -0.3 is 15.4 Å². The minimum absolute atomic E-state index is 0.290. The van der Waals surface area contributed by atoms with Crippen molar-refractivity contribution in [2.45, 2.75) is 51.6 Å². The molecule has 1 rings (SSSR count). The third-order valence-corrected chi connectivity index (χ3v) is 3.35. The fourth-order valence-corrected chi connectivity index (χ4v) is 2.10. The van der Waals surface area contributed by atoms with Gasteiger partial charge in [0.1, 0.15) is 5.54 Å². The molecule has 0 aliphatic carbocycles. The molecule has 0 radical (unpaired) electrons. The van der Waals surface area contributed by atoms with Crippen LogP contribution in [-0.2, 0) is 9.53 Å². The van der Waals surface area contributed by atoms with Crippen LogP contribution in [0, 0.1) is 0 Å². The predicted octanol–water partition coefficient (Wildman–Crippen LogP) is 1.14. The van der Waals surface area contributed by atoms with Crippen LogP contribution in [0.1, 0.15) is 40.0 Å². The van der Waals surface area contributed by atoms with Crippen molar-refractivity contribution < 1.29 is 9.53 Å². The van der Waals surface area contributed by atoms with Gasteiger partial charge in [0, 0.05) is 12.6 Å². The Kier molecular flexibility index (Phi) is 4.74. The fourth-order valence-electron chi connectivity index (χ4n) is 2.10. The minimum atomic E-state index is -0.849. The van der Waals surface area contributed by atoms with Crippen LogP contribution in [0.25, 0.3) is 0 Å². The molecule has 1 heterocycles. The quantitative estimate of drug-likeness (QED) is 0.717. The lowest BCUT2D eigenvalue weighted by atomic mass is 9.99. The lowest BCUT2D eigenvalue weighted by molar-refractivity contribution is -0.149. The normalized spacial score (nSPS) is 25.4. The van der Waals surface area contributed by atoms with E-state index in [9.17, 15) is 4.79 Å². The number of nitrogens with zero attached hydrogens (tertiary/aromatic N) is 1. The van der Waals surface area contributed by atoms with Gasteiger partial charge in [-0.05, 0) is 46.6 Å². The molecule has 1 saturated heterocycles. The zero-order valence-corrected chi connectivity index (χ0v) is 10.7. The van der Waals surface area contributed by atoms with Crippen molar-refractivity contribution in [2.24, 2.45) is 5.73 Å². The van der Waals surface area contributed by atoms with Crippen LogP contribution in [0.5, 0.6) is 0 Å². The first-order chi connectivity index (χ1) is 7.47. The Morgan fingerprint density at radius 3 is 2.81 bits per heavy atom. The number of nitrogens with two attached hydrogens (primary N) is 1. The summed E-state index contributed by atoms with van der Waals surface area (Å²) in [4.78, 5) is 14.0. The number of hydrogen-bond donors (Lipinski definition) is 1. The van der Waals surface area contributed by atoms with Crippen LogP contribution in [0.15, 0.2) is 0 Å². The predicted molar refractivity (Wildman–Crippen MR) is 64.1 cm³/mol. The van der Waals surface area contributed by atoms with Crippen LogP contribution >= 0.6 is 0 Å². The molecule has 1 fully saturated rings. The molecule has 2 N–H and O–H groups in total. The van der Waals surface area contributed by atoms with E-state index < -0.39 is 5.54 Å². The molecule has 0 saturated carbocycles. The molecule has 2 atom stereocenters. The van der Waals surface area contributed by atoms with Gasteiger partial charge in [0.25, 0.3) is 0 Å². The largest absolute Gasteiger partial charge is 0.465 e. The second kappa shape index (κ2) is 5.64. The van der Waals surface area contributed by atoms with Gasteiger partial charge in [-0.25, -0.2) is 0 Å². The van der Waals surface area contributed by atoms with Crippen molar-refractivity contribution in [1.82, 2.24) is 4.90 Å². The van der Waals surface area contributed by atoms with E-state index in [1.165, 1.54) is 12.8 Å². The third-order valence-electron chi connectivity index (χ3n) is 3.35. The summed E-state index contributed by atoms with van der Waals surface area (Å²) < 4.78 is 4.97. The molecule has 0 bridgehead atoms. The van der Waals surface area contributed by atoms with Crippen LogP contribution in [0.3, 0.4) is 0 Å². The van der Waals surface area contributed by atoms with Crippen molar-refractivity contribution in [3.05, 3.63) is 0 Å². The van der Waals surface area contributed by atoms with Gasteiger partial charge in [-0.15, -0.1) is 0 Å². The highest BCUT2D eigenvalue weighted by Gasteiger charge is 2.31. The second-order valence-corrected chi connectivity index (χ2v) is 4.92. The highest BCUT2D eigenvalue weighted by Crippen LogP contribution is 2.18. The SMILES string of the molecule is CCOC(=O)C(C)(N)CCN1CCCC1C. The monoisotopic (exact) mass is 228 g/mol. The average Bonchev–Trinajstić information content (AvgIpc) is 2.61. The summed E-state index contributed by atoms with van der Waals surface area (Å²) in [5, 5.41) is 0. The van der Waals surface area contributed by atoms with Crippen molar-refractivity contribution >= 4 is 5.97 Å². The number of esters is 1. The number of carbonyl (C=O) groups is 1. The molecule has 0 aromatic heterocycles. The molecule has 4 heteroatoms. The van der Waals surface area contributed by atoms with E-state index in [1.54, 1.807) is 13.8 Å². The molecule has 0 aromatic carbocycles. The first-order valence-electron chi connectivity index (χ1n) is 6.17. The molecule has 16 heavy (non-hydrogen) atoms. The molecule has 4 nitrogen and oxygen atoms in total. The van der Waals surface area contributed by atoms with Gasteiger partial charge in [-0.3, -0.25) is 4.79 Å². The number of rotatable bonds is 5. The Morgan fingerprint density at radius 2 is 2.31 bits per heavy atom. The van der Waals surface area contributed by atoms with Crippen molar-refractivity contribution in [3.63, 3.8) is 0 Å². The highest BCUT2D eigenvalue weighted by molar-refractivity contribution is 5.79. The molecule has 2 unspecified atom stereocenters. The van der Waals surface area contributed by atoms with Gasteiger partial charge in [0.05, 0.1) is 6.61 Å². The Hall–Kier alpha value is -0.610. The summed E-state index contributed by atoms with van der Waals surface area (Å²) in [6.45, 7) is 8.19.